The lowest BCUT2D eigenvalue weighted by atomic mass is 9.93. The zero-order valence-electron chi connectivity index (χ0n) is 13.8. The van der Waals surface area contributed by atoms with Crippen molar-refractivity contribution in [2.75, 3.05) is 6.54 Å². The lowest BCUT2D eigenvalue weighted by molar-refractivity contribution is 0.296. The summed E-state index contributed by atoms with van der Waals surface area (Å²) in [5, 5.41) is 3.81. The second kappa shape index (κ2) is 9.99. The Morgan fingerprint density at radius 1 is 1.00 bits per heavy atom. The maximum absolute atomic E-state index is 4.28. The van der Waals surface area contributed by atoms with Crippen LogP contribution in [0.15, 0.2) is 18.7 Å². The van der Waals surface area contributed by atoms with Gasteiger partial charge in [-0.1, -0.05) is 58.3 Å². The lowest BCUT2D eigenvalue weighted by Crippen LogP contribution is -2.38. The highest BCUT2D eigenvalue weighted by molar-refractivity contribution is 4.88. The fourth-order valence-corrected chi connectivity index (χ4v) is 3.56. The van der Waals surface area contributed by atoms with Crippen molar-refractivity contribution in [2.24, 2.45) is 0 Å². The average Bonchev–Trinajstić information content (AvgIpc) is 3.00. The van der Waals surface area contributed by atoms with Gasteiger partial charge < -0.3 is 9.88 Å². The Kier molecular flexibility index (Phi) is 7.87. The third kappa shape index (κ3) is 5.82. The minimum atomic E-state index is 0.582. The fraction of sp³-hybridized carbons (Fsp3) is 0.833. The van der Waals surface area contributed by atoms with Gasteiger partial charge in [-0.05, 0) is 25.8 Å². The predicted octanol–water partition coefficient (Wildman–Crippen LogP) is 4.71. The van der Waals surface area contributed by atoms with Gasteiger partial charge in [0.05, 0.1) is 6.33 Å². The van der Waals surface area contributed by atoms with E-state index in [0.717, 1.165) is 6.54 Å². The van der Waals surface area contributed by atoms with Crippen LogP contribution in [0.1, 0.15) is 83.6 Å². The fourth-order valence-electron chi connectivity index (χ4n) is 3.56. The van der Waals surface area contributed by atoms with Crippen molar-refractivity contribution in [1.29, 1.82) is 0 Å². The van der Waals surface area contributed by atoms with E-state index in [-0.39, 0.29) is 0 Å². The van der Waals surface area contributed by atoms with Crippen LogP contribution in [0.25, 0.3) is 0 Å². The molecule has 120 valence electrons. The normalized spacial score (nSPS) is 26.0. The first-order chi connectivity index (χ1) is 10.4. The highest BCUT2D eigenvalue weighted by atomic mass is 15.1. The molecule has 1 aliphatic carbocycles. The Bertz CT molecular complexity index is 347. The summed E-state index contributed by atoms with van der Waals surface area (Å²) < 4.78 is 2.35. The van der Waals surface area contributed by atoms with E-state index in [0.29, 0.717) is 12.1 Å². The number of hydrogen-bond acceptors (Lipinski definition) is 2. The number of hydrogen-bond donors (Lipinski definition) is 1. The largest absolute Gasteiger partial charge is 0.333 e. The summed E-state index contributed by atoms with van der Waals surface area (Å²) in [5.41, 5.74) is 0. The summed E-state index contributed by atoms with van der Waals surface area (Å²) in [6.45, 7) is 3.39. The van der Waals surface area contributed by atoms with Crippen molar-refractivity contribution < 1.29 is 0 Å². The highest BCUT2D eigenvalue weighted by Crippen LogP contribution is 2.25. The Labute approximate surface area is 130 Å². The first-order valence-corrected chi connectivity index (χ1v) is 9.12. The number of nitrogens with one attached hydrogen (secondary N) is 1. The van der Waals surface area contributed by atoms with Gasteiger partial charge >= 0.3 is 0 Å². The van der Waals surface area contributed by atoms with E-state index in [1.807, 2.05) is 12.5 Å². The van der Waals surface area contributed by atoms with Crippen molar-refractivity contribution in [3.63, 3.8) is 0 Å². The molecule has 1 heterocycles. The summed E-state index contributed by atoms with van der Waals surface area (Å²) in [5.74, 6) is 0. The van der Waals surface area contributed by atoms with Gasteiger partial charge in [0.25, 0.3) is 0 Å². The number of aromatic nitrogens is 2. The Morgan fingerprint density at radius 3 is 2.29 bits per heavy atom. The van der Waals surface area contributed by atoms with Crippen molar-refractivity contribution in [3.8, 4) is 0 Å². The summed E-state index contributed by atoms with van der Waals surface area (Å²) in [7, 11) is 0. The zero-order valence-corrected chi connectivity index (χ0v) is 13.8. The average molecular weight is 291 g/mol. The molecule has 0 bridgehead atoms. The SMILES string of the molecule is CCCNC1CCCCCCCCCCC1n1ccnc1. The molecule has 1 aromatic rings. The van der Waals surface area contributed by atoms with Gasteiger partial charge in [0.1, 0.15) is 0 Å². The van der Waals surface area contributed by atoms with Gasteiger partial charge in [0.2, 0.25) is 0 Å². The van der Waals surface area contributed by atoms with Crippen LogP contribution >= 0.6 is 0 Å². The van der Waals surface area contributed by atoms with Crippen LogP contribution in [0.3, 0.4) is 0 Å². The van der Waals surface area contributed by atoms with E-state index in [9.17, 15) is 0 Å². The van der Waals surface area contributed by atoms with E-state index in [1.54, 1.807) is 0 Å². The van der Waals surface area contributed by atoms with Gasteiger partial charge in [0.15, 0.2) is 0 Å². The molecule has 1 saturated carbocycles. The van der Waals surface area contributed by atoms with Crippen molar-refractivity contribution in [3.05, 3.63) is 18.7 Å². The number of nitrogens with zero attached hydrogens (tertiary/aromatic N) is 2. The summed E-state index contributed by atoms with van der Waals surface area (Å²) >= 11 is 0. The second-order valence-corrected chi connectivity index (χ2v) is 6.54. The molecular formula is C18H33N3. The Hall–Kier alpha value is -0.830. The van der Waals surface area contributed by atoms with Gasteiger partial charge in [-0.3, -0.25) is 0 Å². The van der Waals surface area contributed by atoms with Gasteiger partial charge in [-0.2, -0.15) is 0 Å². The molecule has 1 N–H and O–H groups in total. The minimum absolute atomic E-state index is 0.582. The van der Waals surface area contributed by atoms with E-state index in [2.05, 4.69) is 28.0 Å². The monoisotopic (exact) mass is 291 g/mol. The molecule has 2 rings (SSSR count). The molecule has 1 aromatic heterocycles. The minimum Gasteiger partial charge on any atom is -0.333 e. The van der Waals surface area contributed by atoms with E-state index in [1.165, 1.54) is 70.6 Å². The molecule has 3 heteroatoms. The third-order valence-corrected chi connectivity index (χ3v) is 4.79. The van der Waals surface area contributed by atoms with Crippen molar-refractivity contribution in [2.45, 2.75) is 89.6 Å². The van der Waals surface area contributed by atoms with Gasteiger partial charge in [-0.25, -0.2) is 4.98 Å². The molecule has 1 aliphatic rings. The molecule has 0 aliphatic heterocycles. The quantitative estimate of drug-likeness (QED) is 0.871. The number of rotatable bonds is 4. The molecule has 1 fully saturated rings. The molecule has 0 aromatic carbocycles. The summed E-state index contributed by atoms with van der Waals surface area (Å²) in [4.78, 5) is 4.28. The number of imidazole rings is 1. The smallest absolute Gasteiger partial charge is 0.0949 e. The molecule has 2 unspecified atom stereocenters. The molecule has 0 radical (unpaired) electrons. The predicted molar refractivity (Wildman–Crippen MR) is 89.5 cm³/mol. The van der Waals surface area contributed by atoms with E-state index < -0.39 is 0 Å². The van der Waals surface area contributed by atoms with Crippen LogP contribution in [0, 0.1) is 0 Å². The van der Waals surface area contributed by atoms with Crippen LogP contribution in [0.2, 0.25) is 0 Å². The van der Waals surface area contributed by atoms with E-state index in [4.69, 9.17) is 0 Å². The highest BCUT2D eigenvalue weighted by Gasteiger charge is 2.21. The Morgan fingerprint density at radius 2 is 1.67 bits per heavy atom. The van der Waals surface area contributed by atoms with Crippen molar-refractivity contribution >= 4 is 0 Å². The van der Waals surface area contributed by atoms with Crippen LogP contribution < -0.4 is 5.32 Å². The molecule has 2 atom stereocenters. The van der Waals surface area contributed by atoms with E-state index >= 15 is 0 Å². The molecule has 21 heavy (non-hydrogen) atoms. The van der Waals surface area contributed by atoms with Gasteiger partial charge in [-0.15, -0.1) is 0 Å². The van der Waals surface area contributed by atoms with Crippen LogP contribution in [-0.2, 0) is 0 Å². The molecule has 3 nitrogen and oxygen atoms in total. The third-order valence-electron chi connectivity index (χ3n) is 4.79. The lowest BCUT2D eigenvalue weighted by Gasteiger charge is -2.30. The van der Waals surface area contributed by atoms with Crippen LogP contribution in [-0.4, -0.2) is 22.1 Å². The topological polar surface area (TPSA) is 29.9 Å². The Balaban J connectivity index is 2.02. The molecule has 0 spiro atoms. The van der Waals surface area contributed by atoms with Crippen LogP contribution in [0.4, 0.5) is 0 Å². The first-order valence-electron chi connectivity index (χ1n) is 9.12. The summed E-state index contributed by atoms with van der Waals surface area (Å²) in [6, 6.07) is 1.19. The van der Waals surface area contributed by atoms with Crippen molar-refractivity contribution in [1.82, 2.24) is 14.9 Å². The summed E-state index contributed by atoms with van der Waals surface area (Å²) in [6.07, 6.45) is 21.1. The molecule has 0 saturated heterocycles. The first kappa shape index (κ1) is 16.5. The zero-order chi connectivity index (χ0) is 14.8. The maximum atomic E-state index is 4.28. The maximum Gasteiger partial charge on any atom is 0.0949 e. The second-order valence-electron chi connectivity index (χ2n) is 6.54. The molecular weight excluding hydrogens is 258 g/mol. The van der Waals surface area contributed by atoms with Crippen LogP contribution in [0.5, 0.6) is 0 Å². The molecule has 0 amide bonds. The van der Waals surface area contributed by atoms with Gasteiger partial charge in [0, 0.05) is 24.5 Å². The standard InChI is InChI=1S/C18H33N3/c1-2-13-20-17-11-9-7-5-3-4-6-8-10-12-18(17)21-15-14-19-16-21/h14-18,20H,2-13H2,1H3.